The number of para-hydroxylation sites is 1. The first-order valence-corrected chi connectivity index (χ1v) is 6.01. The van der Waals surface area contributed by atoms with Crippen LogP contribution in [-0.2, 0) is 4.79 Å². The molecule has 0 aromatic heterocycles. The highest BCUT2D eigenvalue weighted by Crippen LogP contribution is 2.03. The van der Waals surface area contributed by atoms with Gasteiger partial charge in [-0.25, -0.2) is 4.79 Å². The van der Waals surface area contributed by atoms with Crippen molar-refractivity contribution in [3.63, 3.8) is 0 Å². The number of benzene rings is 1. The normalized spacial score (nSPS) is 11.4. The number of rotatable bonds is 5. The molecule has 1 aromatic carbocycles. The summed E-state index contributed by atoms with van der Waals surface area (Å²) in [4.78, 5) is 22.9. The quantitative estimate of drug-likeness (QED) is 0.743. The van der Waals surface area contributed by atoms with Gasteiger partial charge in [0.25, 0.3) is 0 Å². The van der Waals surface area contributed by atoms with Crippen LogP contribution < -0.4 is 16.0 Å². The lowest BCUT2D eigenvalue weighted by atomic mass is 10.2. The van der Waals surface area contributed by atoms with Gasteiger partial charge in [0.05, 0.1) is 6.54 Å². The second kappa shape index (κ2) is 7.32. The zero-order valence-electron chi connectivity index (χ0n) is 10.7. The number of hydrogen-bond donors (Lipinski definition) is 3. The van der Waals surface area contributed by atoms with Crippen LogP contribution >= 0.6 is 0 Å². The number of anilines is 1. The molecule has 1 rings (SSSR count). The smallest absolute Gasteiger partial charge is 0.319 e. The van der Waals surface area contributed by atoms with Gasteiger partial charge in [-0.15, -0.1) is 0 Å². The Balaban J connectivity index is 2.27. The van der Waals surface area contributed by atoms with Gasteiger partial charge in [-0.1, -0.05) is 25.1 Å². The maximum Gasteiger partial charge on any atom is 0.319 e. The van der Waals surface area contributed by atoms with Crippen molar-refractivity contribution in [3.05, 3.63) is 30.3 Å². The summed E-state index contributed by atoms with van der Waals surface area (Å²) in [6.45, 7) is 3.88. The minimum Gasteiger partial charge on any atom is -0.352 e. The minimum absolute atomic E-state index is 0.0248. The highest BCUT2D eigenvalue weighted by Gasteiger charge is 2.07. The van der Waals surface area contributed by atoms with Gasteiger partial charge in [-0.2, -0.15) is 0 Å². The van der Waals surface area contributed by atoms with Gasteiger partial charge >= 0.3 is 6.03 Å². The van der Waals surface area contributed by atoms with E-state index in [1.807, 2.05) is 32.0 Å². The van der Waals surface area contributed by atoms with Crippen molar-refractivity contribution in [1.82, 2.24) is 10.6 Å². The summed E-state index contributed by atoms with van der Waals surface area (Å²) in [7, 11) is 0. The van der Waals surface area contributed by atoms with E-state index in [4.69, 9.17) is 0 Å². The number of urea groups is 1. The monoisotopic (exact) mass is 249 g/mol. The lowest BCUT2D eigenvalue weighted by molar-refractivity contribution is -0.120. The van der Waals surface area contributed by atoms with Gasteiger partial charge in [0.15, 0.2) is 0 Å². The van der Waals surface area contributed by atoms with E-state index in [0.29, 0.717) is 5.69 Å². The summed E-state index contributed by atoms with van der Waals surface area (Å²) in [5.74, 6) is -0.187. The molecule has 5 nitrogen and oxygen atoms in total. The van der Waals surface area contributed by atoms with E-state index in [1.165, 1.54) is 0 Å². The molecule has 98 valence electrons. The molecule has 1 unspecified atom stereocenters. The minimum atomic E-state index is -0.388. The highest BCUT2D eigenvalue weighted by molar-refractivity contribution is 5.92. The Labute approximate surface area is 107 Å². The fraction of sp³-hybridized carbons (Fsp3) is 0.385. The van der Waals surface area contributed by atoms with E-state index in [2.05, 4.69) is 16.0 Å². The van der Waals surface area contributed by atoms with E-state index < -0.39 is 0 Å². The maximum absolute atomic E-state index is 11.5. The van der Waals surface area contributed by atoms with E-state index in [0.717, 1.165) is 6.42 Å². The van der Waals surface area contributed by atoms with Gasteiger partial charge < -0.3 is 16.0 Å². The third-order valence-electron chi connectivity index (χ3n) is 2.46. The summed E-state index contributed by atoms with van der Waals surface area (Å²) in [5, 5.41) is 7.90. The molecule has 0 saturated heterocycles. The molecule has 3 amide bonds. The molecule has 1 aromatic rings. The van der Waals surface area contributed by atoms with Crippen LogP contribution in [0.5, 0.6) is 0 Å². The average molecular weight is 249 g/mol. The largest absolute Gasteiger partial charge is 0.352 e. The molecule has 3 N–H and O–H groups in total. The number of hydrogen-bond acceptors (Lipinski definition) is 2. The maximum atomic E-state index is 11.5. The summed E-state index contributed by atoms with van der Waals surface area (Å²) < 4.78 is 0. The Kier molecular flexibility index (Phi) is 5.70. The molecule has 0 aliphatic carbocycles. The number of amides is 3. The van der Waals surface area contributed by atoms with Gasteiger partial charge in [-0.3, -0.25) is 4.79 Å². The molecular formula is C13H19N3O2. The standard InChI is InChI=1S/C13H19N3O2/c1-3-10(2)15-12(17)9-14-13(18)16-11-7-5-4-6-8-11/h4-8,10H,3,9H2,1-2H3,(H,15,17)(H2,14,16,18). The molecule has 0 spiro atoms. The molecule has 0 saturated carbocycles. The van der Waals surface area contributed by atoms with Crippen molar-refractivity contribution in [1.29, 1.82) is 0 Å². The van der Waals surface area contributed by atoms with Crippen LogP contribution in [0.25, 0.3) is 0 Å². The molecule has 1 atom stereocenters. The fourth-order valence-electron chi connectivity index (χ4n) is 1.29. The zero-order chi connectivity index (χ0) is 13.4. The predicted molar refractivity (Wildman–Crippen MR) is 71.4 cm³/mol. The van der Waals surface area contributed by atoms with Gasteiger partial charge in [0.2, 0.25) is 5.91 Å². The second-order valence-corrected chi connectivity index (χ2v) is 4.05. The van der Waals surface area contributed by atoms with E-state index in [1.54, 1.807) is 12.1 Å². The van der Waals surface area contributed by atoms with Gasteiger partial charge in [0, 0.05) is 11.7 Å². The first-order valence-electron chi connectivity index (χ1n) is 6.01. The summed E-state index contributed by atoms with van der Waals surface area (Å²) in [6.07, 6.45) is 0.863. The number of carbonyl (C=O) groups is 2. The highest BCUT2D eigenvalue weighted by atomic mass is 16.2. The molecule has 0 bridgehead atoms. The number of carbonyl (C=O) groups excluding carboxylic acids is 2. The number of nitrogens with one attached hydrogen (secondary N) is 3. The third-order valence-corrected chi connectivity index (χ3v) is 2.46. The van der Waals surface area contributed by atoms with Crippen molar-refractivity contribution in [2.45, 2.75) is 26.3 Å². The topological polar surface area (TPSA) is 70.2 Å². The Morgan fingerprint density at radius 3 is 2.50 bits per heavy atom. The first-order chi connectivity index (χ1) is 8.61. The fourth-order valence-corrected chi connectivity index (χ4v) is 1.29. The van der Waals surface area contributed by atoms with Gasteiger partial charge in [-0.05, 0) is 25.5 Å². The SMILES string of the molecule is CCC(C)NC(=O)CNC(=O)Nc1ccccc1. The van der Waals surface area contributed by atoms with Crippen LogP contribution in [-0.4, -0.2) is 24.5 Å². The summed E-state index contributed by atoms with van der Waals surface area (Å²) >= 11 is 0. The molecule has 0 radical (unpaired) electrons. The van der Waals surface area contributed by atoms with Crippen LogP contribution in [0.2, 0.25) is 0 Å². The molecule has 0 fully saturated rings. The average Bonchev–Trinajstić information content (AvgIpc) is 2.37. The lowest BCUT2D eigenvalue weighted by Gasteiger charge is -2.12. The predicted octanol–water partition coefficient (Wildman–Crippen LogP) is 1.72. The van der Waals surface area contributed by atoms with Crippen molar-refractivity contribution < 1.29 is 9.59 Å². The van der Waals surface area contributed by atoms with Crippen molar-refractivity contribution in [3.8, 4) is 0 Å². The van der Waals surface area contributed by atoms with E-state index in [-0.39, 0.29) is 24.5 Å². The van der Waals surface area contributed by atoms with E-state index >= 15 is 0 Å². The van der Waals surface area contributed by atoms with Gasteiger partial charge in [0.1, 0.15) is 0 Å². The van der Waals surface area contributed by atoms with Crippen LogP contribution in [0.15, 0.2) is 30.3 Å². The Morgan fingerprint density at radius 1 is 1.22 bits per heavy atom. The first kappa shape index (κ1) is 14.0. The Morgan fingerprint density at radius 2 is 1.89 bits per heavy atom. The summed E-state index contributed by atoms with van der Waals surface area (Å²) in [6, 6.07) is 8.80. The van der Waals surface area contributed by atoms with Crippen LogP contribution in [0.3, 0.4) is 0 Å². The Bertz CT molecular complexity index is 392. The lowest BCUT2D eigenvalue weighted by Crippen LogP contribution is -2.41. The zero-order valence-corrected chi connectivity index (χ0v) is 10.7. The molecule has 0 heterocycles. The second-order valence-electron chi connectivity index (χ2n) is 4.05. The van der Waals surface area contributed by atoms with Crippen molar-refractivity contribution in [2.75, 3.05) is 11.9 Å². The third kappa shape index (κ3) is 5.34. The molecule has 5 heteroatoms. The van der Waals surface area contributed by atoms with Crippen molar-refractivity contribution >= 4 is 17.6 Å². The van der Waals surface area contributed by atoms with Crippen LogP contribution in [0, 0.1) is 0 Å². The molecule has 0 aliphatic heterocycles. The van der Waals surface area contributed by atoms with E-state index in [9.17, 15) is 9.59 Å². The molecule has 0 aliphatic rings. The Hall–Kier alpha value is -2.04. The molecule has 18 heavy (non-hydrogen) atoms. The molecular weight excluding hydrogens is 230 g/mol. The summed E-state index contributed by atoms with van der Waals surface area (Å²) in [5.41, 5.74) is 0.692. The van der Waals surface area contributed by atoms with Crippen LogP contribution in [0.1, 0.15) is 20.3 Å². The van der Waals surface area contributed by atoms with Crippen molar-refractivity contribution in [2.24, 2.45) is 0 Å². The van der Waals surface area contributed by atoms with Crippen LogP contribution in [0.4, 0.5) is 10.5 Å².